The lowest BCUT2D eigenvalue weighted by Crippen LogP contribution is -2.42. The molecule has 0 amide bonds. The van der Waals surface area contributed by atoms with Crippen LogP contribution in [0.15, 0.2) is 23.1 Å². The van der Waals surface area contributed by atoms with Crippen LogP contribution in [0.4, 0.5) is 0 Å². The number of aliphatic hydroxyl groups excluding tert-OH is 1. The summed E-state index contributed by atoms with van der Waals surface area (Å²) in [4.78, 5) is 0.213. The summed E-state index contributed by atoms with van der Waals surface area (Å²) in [6.45, 7) is 6.49. The number of nitrogens with zero attached hydrogens (tertiary/aromatic N) is 1. The van der Waals surface area contributed by atoms with E-state index in [4.69, 9.17) is 4.74 Å². The highest BCUT2D eigenvalue weighted by Gasteiger charge is 2.40. The Kier molecular flexibility index (Phi) is 4.60. The minimum atomic E-state index is -3.54. The van der Waals surface area contributed by atoms with E-state index in [-0.39, 0.29) is 17.0 Å². The third-order valence-electron chi connectivity index (χ3n) is 3.92. The van der Waals surface area contributed by atoms with Crippen molar-refractivity contribution < 1.29 is 18.3 Å². The average Bonchev–Trinajstić information content (AvgIpc) is 2.79. The van der Waals surface area contributed by atoms with Gasteiger partial charge in [0.2, 0.25) is 10.0 Å². The van der Waals surface area contributed by atoms with E-state index in [0.717, 1.165) is 12.8 Å². The fraction of sp³-hybridized carbons (Fsp3) is 0.600. The molecule has 0 aliphatic carbocycles. The van der Waals surface area contributed by atoms with Gasteiger partial charge in [0.1, 0.15) is 5.75 Å². The molecule has 0 atom stereocenters. The molecule has 1 heterocycles. The second-order valence-corrected chi connectivity index (χ2v) is 7.72. The second-order valence-electron chi connectivity index (χ2n) is 5.85. The Labute approximate surface area is 126 Å². The van der Waals surface area contributed by atoms with Gasteiger partial charge in [0.25, 0.3) is 0 Å². The normalized spacial score (nSPS) is 18.9. The van der Waals surface area contributed by atoms with E-state index in [1.54, 1.807) is 16.4 Å². The van der Waals surface area contributed by atoms with Gasteiger partial charge in [0.05, 0.1) is 18.1 Å². The van der Waals surface area contributed by atoms with E-state index in [2.05, 4.69) is 0 Å². The summed E-state index contributed by atoms with van der Waals surface area (Å²) in [5.41, 5.74) is 0.131. The fourth-order valence-electron chi connectivity index (χ4n) is 2.79. The monoisotopic (exact) mass is 313 g/mol. The third kappa shape index (κ3) is 3.07. The molecule has 0 aromatic heterocycles. The molecular weight excluding hydrogens is 290 g/mol. The molecular formula is C15H23NO4S. The standard InChI is InChI=1S/C15H23NO4S/c1-4-20-14-7-6-13(10-12(14)11-17)21(18,19)16-9-5-8-15(16,2)3/h6-7,10,17H,4-5,8-9,11H2,1-3H3. The molecule has 1 fully saturated rings. The van der Waals surface area contributed by atoms with Crippen LogP contribution in [0.1, 0.15) is 39.2 Å². The molecule has 2 rings (SSSR count). The Bertz CT molecular complexity index is 610. The van der Waals surface area contributed by atoms with Crippen molar-refractivity contribution in [2.24, 2.45) is 0 Å². The van der Waals surface area contributed by atoms with Crippen molar-refractivity contribution in [3.63, 3.8) is 0 Å². The Hall–Kier alpha value is -1.11. The molecule has 1 aliphatic heterocycles. The zero-order valence-corrected chi connectivity index (χ0v) is 13.6. The van der Waals surface area contributed by atoms with Crippen molar-refractivity contribution >= 4 is 10.0 Å². The molecule has 6 heteroatoms. The van der Waals surface area contributed by atoms with Crippen LogP contribution < -0.4 is 4.74 Å². The Morgan fingerprint density at radius 2 is 2.10 bits per heavy atom. The Balaban J connectivity index is 2.41. The van der Waals surface area contributed by atoms with Gasteiger partial charge in [-0.25, -0.2) is 8.42 Å². The highest BCUT2D eigenvalue weighted by molar-refractivity contribution is 7.89. The molecule has 1 aromatic carbocycles. The van der Waals surface area contributed by atoms with Gasteiger partial charge in [0.15, 0.2) is 0 Å². The van der Waals surface area contributed by atoms with Gasteiger partial charge in [-0.05, 0) is 51.8 Å². The van der Waals surface area contributed by atoms with Crippen molar-refractivity contribution in [3.05, 3.63) is 23.8 Å². The molecule has 0 spiro atoms. The summed E-state index contributed by atoms with van der Waals surface area (Å²) in [6, 6.07) is 4.67. The first-order valence-electron chi connectivity index (χ1n) is 7.22. The maximum Gasteiger partial charge on any atom is 0.243 e. The van der Waals surface area contributed by atoms with Crippen LogP contribution in [-0.4, -0.2) is 36.5 Å². The van der Waals surface area contributed by atoms with Crippen molar-refractivity contribution in [2.75, 3.05) is 13.2 Å². The lowest BCUT2D eigenvalue weighted by Gasteiger charge is -2.30. The van der Waals surface area contributed by atoms with E-state index in [9.17, 15) is 13.5 Å². The average molecular weight is 313 g/mol. The van der Waals surface area contributed by atoms with Gasteiger partial charge in [0, 0.05) is 17.6 Å². The number of ether oxygens (including phenoxy) is 1. The molecule has 0 saturated carbocycles. The molecule has 5 nitrogen and oxygen atoms in total. The molecule has 1 saturated heterocycles. The lowest BCUT2D eigenvalue weighted by molar-refractivity contribution is 0.266. The SMILES string of the molecule is CCOc1ccc(S(=O)(=O)N2CCCC2(C)C)cc1CO. The topological polar surface area (TPSA) is 66.8 Å². The van der Waals surface area contributed by atoms with Crippen molar-refractivity contribution in [1.29, 1.82) is 0 Å². The van der Waals surface area contributed by atoms with Crippen LogP contribution in [0.25, 0.3) is 0 Å². The zero-order chi connectivity index (χ0) is 15.7. The molecule has 1 N–H and O–H groups in total. The molecule has 1 aromatic rings. The van der Waals surface area contributed by atoms with Crippen LogP contribution in [0, 0.1) is 0 Å². The lowest BCUT2D eigenvalue weighted by atomic mass is 10.0. The van der Waals surface area contributed by atoms with Crippen molar-refractivity contribution in [1.82, 2.24) is 4.31 Å². The van der Waals surface area contributed by atoms with E-state index >= 15 is 0 Å². The molecule has 0 bridgehead atoms. The number of sulfonamides is 1. The maximum absolute atomic E-state index is 12.8. The Morgan fingerprint density at radius 1 is 1.38 bits per heavy atom. The molecule has 21 heavy (non-hydrogen) atoms. The highest BCUT2D eigenvalue weighted by atomic mass is 32.2. The van der Waals surface area contributed by atoms with Crippen LogP contribution in [-0.2, 0) is 16.6 Å². The Morgan fingerprint density at radius 3 is 2.62 bits per heavy atom. The third-order valence-corrected chi connectivity index (χ3v) is 6.02. The summed E-state index contributed by atoms with van der Waals surface area (Å²) in [6.07, 6.45) is 1.73. The second kappa shape index (κ2) is 5.94. The minimum Gasteiger partial charge on any atom is -0.494 e. The van der Waals surface area contributed by atoms with Crippen LogP contribution in [0.3, 0.4) is 0 Å². The largest absolute Gasteiger partial charge is 0.494 e. The molecule has 0 radical (unpaired) electrons. The summed E-state index contributed by atoms with van der Waals surface area (Å²) < 4.78 is 32.5. The van der Waals surface area contributed by atoms with Crippen molar-refractivity contribution in [2.45, 2.75) is 50.7 Å². The van der Waals surface area contributed by atoms with Gasteiger partial charge in [-0.2, -0.15) is 4.31 Å². The zero-order valence-electron chi connectivity index (χ0n) is 12.8. The van der Waals surface area contributed by atoms with Gasteiger partial charge in [-0.1, -0.05) is 0 Å². The first-order valence-corrected chi connectivity index (χ1v) is 8.66. The van der Waals surface area contributed by atoms with Gasteiger partial charge >= 0.3 is 0 Å². The van der Waals surface area contributed by atoms with Gasteiger partial charge < -0.3 is 9.84 Å². The number of rotatable bonds is 5. The van der Waals surface area contributed by atoms with Crippen molar-refractivity contribution in [3.8, 4) is 5.75 Å². The summed E-state index contributed by atoms with van der Waals surface area (Å²) in [5, 5.41) is 9.41. The van der Waals surface area contributed by atoms with Crippen LogP contribution >= 0.6 is 0 Å². The first-order chi connectivity index (χ1) is 9.82. The summed E-state index contributed by atoms with van der Waals surface area (Å²) in [7, 11) is -3.54. The van der Waals surface area contributed by atoms with Gasteiger partial charge in [-0.15, -0.1) is 0 Å². The van der Waals surface area contributed by atoms with E-state index in [0.29, 0.717) is 24.5 Å². The van der Waals surface area contributed by atoms with E-state index < -0.39 is 10.0 Å². The number of benzene rings is 1. The van der Waals surface area contributed by atoms with Crippen LogP contribution in [0.5, 0.6) is 5.75 Å². The maximum atomic E-state index is 12.8. The number of aliphatic hydroxyl groups is 1. The predicted molar refractivity (Wildman–Crippen MR) is 80.7 cm³/mol. The number of hydrogen-bond donors (Lipinski definition) is 1. The quantitative estimate of drug-likeness (QED) is 0.904. The van der Waals surface area contributed by atoms with E-state index in [1.165, 1.54) is 6.07 Å². The highest BCUT2D eigenvalue weighted by Crippen LogP contribution is 2.35. The molecule has 118 valence electrons. The van der Waals surface area contributed by atoms with Crippen LogP contribution in [0.2, 0.25) is 0 Å². The summed E-state index contributed by atoms with van der Waals surface area (Å²) >= 11 is 0. The van der Waals surface area contributed by atoms with E-state index in [1.807, 2.05) is 20.8 Å². The molecule has 1 aliphatic rings. The number of hydrogen-bond acceptors (Lipinski definition) is 4. The minimum absolute atomic E-state index is 0.213. The molecule has 0 unspecified atom stereocenters. The summed E-state index contributed by atoms with van der Waals surface area (Å²) in [5.74, 6) is 0.527. The fourth-order valence-corrected chi connectivity index (χ4v) is 4.69. The van der Waals surface area contributed by atoms with Gasteiger partial charge in [-0.3, -0.25) is 0 Å². The smallest absolute Gasteiger partial charge is 0.243 e. The first kappa shape index (κ1) is 16.3. The predicted octanol–water partition coefficient (Wildman–Crippen LogP) is 2.14.